The fraction of sp³-hybridized carbons (Fsp3) is 0. The van der Waals surface area contributed by atoms with E-state index in [2.05, 4.69) is 101 Å². The second kappa shape index (κ2) is 14.2. The number of hydrogen-bond donors (Lipinski definition) is 2. The van der Waals surface area contributed by atoms with Crippen LogP contribution in [0.5, 0.6) is 11.5 Å². The molecule has 2 N–H and O–H groups in total. The van der Waals surface area contributed by atoms with E-state index in [1.165, 1.54) is 9.81 Å². The van der Waals surface area contributed by atoms with Crippen molar-refractivity contribution in [1.82, 2.24) is 9.97 Å². The second-order valence-electron chi connectivity index (χ2n) is 9.05. The molecule has 0 radical (unpaired) electrons. The third-order valence-corrected chi connectivity index (χ3v) is 15.8. The zero-order valence-corrected chi connectivity index (χ0v) is 25.8. The SMILES string of the molecule is Oc1cccc2cccnc12.Oc1cccc2cccnc12.c1cc[c]([Bi]([c]2ccccc2)[c]2ccccc2)cc1. The molecule has 0 unspecified atom stereocenters. The van der Waals surface area contributed by atoms with Crippen LogP contribution in [0.2, 0.25) is 0 Å². The minimum absolute atomic E-state index is 0.239. The molecule has 4 nitrogen and oxygen atoms in total. The first-order chi connectivity index (χ1) is 20.2. The van der Waals surface area contributed by atoms with Crippen LogP contribution in [-0.2, 0) is 0 Å². The number of pyridine rings is 2. The van der Waals surface area contributed by atoms with Crippen LogP contribution in [0.3, 0.4) is 0 Å². The molecule has 0 bridgehead atoms. The van der Waals surface area contributed by atoms with Crippen molar-refractivity contribution in [1.29, 1.82) is 0 Å². The molecule has 0 aliphatic heterocycles. The number of fused-ring (bicyclic) bond motifs is 2. The van der Waals surface area contributed by atoms with E-state index in [1.807, 2.05) is 36.4 Å². The van der Waals surface area contributed by atoms with Gasteiger partial charge in [0.05, 0.1) is 0 Å². The molecule has 7 aromatic rings. The van der Waals surface area contributed by atoms with Gasteiger partial charge in [0, 0.05) is 23.2 Å². The van der Waals surface area contributed by atoms with Crippen molar-refractivity contribution in [2.75, 3.05) is 0 Å². The average molecular weight is 731 g/mol. The Morgan fingerprint density at radius 2 is 0.707 bits per heavy atom. The van der Waals surface area contributed by atoms with Crippen LogP contribution in [0.4, 0.5) is 0 Å². The number of rotatable bonds is 3. The molecule has 41 heavy (non-hydrogen) atoms. The van der Waals surface area contributed by atoms with Crippen molar-refractivity contribution in [2.45, 2.75) is 0 Å². The summed E-state index contributed by atoms with van der Waals surface area (Å²) in [6, 6.07) is 51.2. The van der Waals surface area contributed by atoms with Gasteiger partial charge in [0.25, 0.3) is 0 Å². The minimum atomic E-state index is -2.06. The number of aromatic nitrogens is 2. The number of para-hydroxylation sites is 2. The van der Waals surface area contributed by atoms with Crippen LogP contribution in [-0.4, -0.2) is 41.9 Å². The van der Waals surface area contributed by atoms with Crippen LogP contribution in [0.25, 0.3) is 21.8 Å². The molecule has 5 aromatic carbocycles. The van der Waals surface area contributed by atoms with Gasteiger partial charge in [-0.05, 0) is 24.3 Å². The van der Waals surface area contributed by atoms with Crippen molar-refractivity contribution in [3.05, 3.63) is 164 Å². The van der Waals surface area contributed by atoms with Gasteiger partial charge in [-0.2, -0.15) is 0 Å². The first-order valence-corrected chi connectivity index (χ1v) is 18.4. The summed E-state index contributed by atoms with van der Waals surface area (Å²) in [6.45, 7) is 0. The van der Waals surface area contributed by atoms with E-state index >= 15 is 0 Å². The predicted octanol–water partition coefficient (Wildman–Crippen LogP) is 6.08. The molecule has 0 fully saturated rings. The van der Waals surface area contributed by atoms with Crippen molar-refractivity contribution >= 4 is 53.4 Å². The Morgan fingerprint density at radius 1 is 0.366 bits per heavy atom. The van der Waals surface area contributed by atoms with Gasteiger partial charge in [-0.1, -0.05) is 36.4 Å². The van der Waals surface area contributed by atoms with E-state index in [-0.39, 0.29) is 11.5 Å². The standard InChI is InChI=1S/2C9H7NO.3C6H5.Bi/c2*11-8-5-1-3-7-4-2-6-10-9(7)8;3*1-2-4-6-5-3-1;/h2*1-6,11H;3*1-5H;. The van der Waals surface area contributed by atoms with Gasteiger partial charge in [0.2, 0.25) is 0 Å². The predicted molar refractivity (Wildman–Crippen MR) is 171 cm³/mol. The molecule has 5 heteroatoms. The summed E-state index contributed by atoms with van der Waals surface area (Å²) in [6.07, 6.45) is 3.34. The molecule has 7 rings (SSSR count). The van der Waals surface area contributed by atoms with E-state index in [1.54, 1.807) is 36.7 Å². The first kappa shape index (κ1) is 28.0. The van der Waals surface area contributed by atoms with Gasteiger partial charge in [-0.25, -0.2) is 0 Å². The summed E-state index contributed by atoms with van der Waals surface area (Å²) >= 11 is -2.06. The summed E-state index contributed by atoms with van der Waals surface area (Å²) in [5.41, 5.74) is 1.32. The summed E-state index contributed by atoms with van der Waals surface area (Å²) < 4.78 is 4.61. The van der Waals surface area contributed by atoms with Crippen molar-refractivity contribution in [2.24, 2.45) is 0 Å². The molecule has 2 aromatic heterocycles. The van der Waals surface area contributed by atoms with E-state index in [0.717, 1.165) is 10.8 Å². The van der Waals surface area contributed by atoms with Gasteiger partial charge < -0.3 is 10.2 Å². The normalized spacial score (nSPS) is 10.4. The van der Waals surface area contributed by atoms with Gasteiger partial charge in [-0.3, -0.25) is 9.97 Å². The maximum atomic E-state index is 9.31. The molecule has 0 amide bonds. The summed E-state index contributed by atoms with van der Waals surface area (Å²) in [5, 5.41) is 20.5. The van der Waals surface area contributed by atoms with E-state index in [0.29, 0.717) is 11.0 Å². The molecular weight excluding hydrogens is 701 g/mol. The van der Waals surface area contributed by atoms with Crippen LogP contribution in [0.15, 0.2) is 164 Å². The summed E-state index contributed by atoms with van der Waals surface area (Å²) in [4.78, 5) is 8.06. The van der Waals surface area contributed by atoms with Crippen molar-refractivity contribution < 1.29 is 10.2 Å². The summed E-state index contributed by atoms with van der Waals surface area (Å²) in [7, 11) is 0. The molecule has 0 atom stereocenters. The molecule has 2 heterocycles. The van der Waals surface area contributed by atoms with Crippen molar-refractivity contribution in [3.63, 3.8) is 0 Å². The Hall–Kier alpha value is -4.60. The van der Waals surface area contributed by atoms with Crippen LogP contribution < -0.4 is 9.81 Å². The number of phenols is 2. The zero-order chi connectivity index (χ0) is 28.3. The number of benzene rings is 5. The Balaban J connectivity index is 0.000000132. The molecular formula is C36H29BiN2O2. The fourth-order valence-electron chi connectivity index (χ4n) is 4.35. The quantitative estimate of drug-likeness (QED) is 0.217. The van der Waals surface area contributed by atoms with Gasteiger partial charge in [-0.15, -0.1) is 0 Å². The van der Waals surface area contributed by atoms with Crippen molar-refractivity contribution in [3.8, 4) is 11.5 Å². The Kier molecular flexibility index (Phi) is 9.65. The van der Waals surface area contributed by atoms with Gasteiger partial charge in [0.1, 0.15) is 22.5 Å². The van der Waals surface area contributed by atoms with Crippen LogP contribution >= 0.6 is 0 Å². The second-order valence-corrected chi connectivity index (χ2v) is 17.7. The van der Waals surface area contributed by atoms with Crippen LogP contribution in [0.1, 0.15) is 0 Å². The van der Waals surface area contributed by atoms with E-state index < -0.39 is 21.8 Å². The Morgan fingerprint density at radius 3 is 1.05 bits per heavy atom. The fourth-order valence-corrected chi connectivity index (χ4v) is 13.3. The third-order valence-electron chi connectivity index (χ3n) is 6.27. The Labute approximate surface area is 247 Å². The number of aromatic hydroxyl groups is 2. The molecule has 0 aliphatic rings. The number of phenolic OH excluding ortho intramolecular Hbond substituents is 2. The molecule has 0 aliphatic carbocycles. The average Bonchev–Trinajstić information content (AvgIpc) is 3.04. The van der Waals surface area contributed by atoms with Crippen LogP contribution in [0, 0.1) is 0 Å². The number of hydrogen-bond acceptors (Lipinski definition) is 4. The third kappa shape index (κ3) is 7.33. The molecule has 0 saturated carbocycles. The number of nitrogens with zero attached hydrogens (tertiary/aromatic N) is 2. The maximum absolute atomic E-state index is 9.31. The molecule has 200 valence electrons. The first-order valence-electron chi connectivity index (χ1n) is 13.2. The topological polar surface area (TPSA) is 66.2 Å². The monoisotopic (exact) mass is 730 g/mol. The van der Waals surface area contributed by atoms with Gasteiger partial charge >= 0.3 is 123 Å². The molecule has 0 spiro atoms. The zero-order valence-electron chi connectivity index (χ0n) is 22.3. The van der Waals surface area contributed by atoms with E-state index in [9.17, 15) is 10.2 Å². The molecule has 0 saturated heterocycles. The Bertz CT molecular complexity index is 1630. The van der Waals surface area contributed by atoms with E-state index in [4.69, 9.17) is 0 Å². The summed E-state index contributed by atoms with van der Waals surface area (Å²) in [5.74, 6) is 0.478. The van der Waals surface area contributed by atoms with Gasteiger partial charge in [0.15, 0.2) is 0 Å².